The lowest BCUT2D eigenvalue weighted by atomic mass is 9.98. The van der Waals surface area contributed by atoms with Gasteiger partial charge >= 0.3 is 11.9 Å². The Morgan fingerprint density at radius 3 is 2.33 bits per heavy atom. The number of hydrogen-bond donors (Lipinski definition) is 3. The van der Waals surface area contributed by atoms with E-state index in [1.807, 2.05) is 0 Å². The zero-order valence-corrected chi connectivity index (χ0v) is 16.6. The molecule has 0 heterocycles. The molecule has 0 aliphatic rings. The molecule has 0 aliphatic carbocycles. The molecule has 0 fully saturated rings. The number of hydrogen-bond acceptors (Lipinski definition) is 4. The van der Waals surface area contributed by atoms with Crippen LogP contribution in [0.15, 0.2) is 42.5 Å². The summed E-state index contributed by atoms with van der Waals surface area (Å²) in [4.78, 5) is 33.7. The lowest BCUT2D eigenvalue weighted by molar-refractivity contribution is -0.138. The fourth-order valence-corrected chi connectivity index (χ4v) is 3.10. The highest BCUT2D eigenvalue weighted by Gasteiger charge is 2.17. The van der Waals surface area contributed by atoms with Crippen LogP contribution in [-0.4, -0.2) is 41.2 Å². The van der Waals surface area contributed by atoms with Crippen molar-refractivity contribution in [1.29, 1.82) is 0 Å². The third kappa shape index (κ3) is 7.20. The first-order valence-corrected chi connectivity index (χ1v) is 9.44. The van der Waals surface area contributed by atoms with Crippen LogP contribution < -0.4 is 10.1 Å². The van der Waals surface area contributed by atoms with Gasteiger partial charge < -0.3 is 20.3 Å². The average Bonchev–Trinajstić information content (AvgIpc) is 2.67. The third-order valence-corrected chi connectivity index (χ3v) is 4.49. The molecule has 0 bridgehead atoms. The minimum atomic E-state index is -1.05. The van der Waals surface area contributed by atoms with Crippen molar-refractivity contribution < 1.29 is 33.7 Å². The predicted octanol–water partition coefficient (Wildman–Crippen LogP) is 3.26. The van der Waals surface area contributed by atoms with Crippen molar-refractivity contribution in [2.24, 2.45) is 0 Å². The Morgan fingerprint density at radius 2 is 1.73 bits per heavy atom. The van der Waals surface area contributed by atoms with Crippen LogP contribution in [0.4, 0.5) is 4.39 Å². The van der Waals surface area contributed by atoms with Crippen LogP contribution in [-0.2, 0) is 20.8 Å². The summed E-state index contributed by atoms with van der Waals surface area (Å²) in [6.45, 7) is 0. The number of halogens is 1. The number of benzene rings is 2. The number of carbonyl (C=O) groups is 3. The van der Waals surface area contributed by atoms with Gasteiger partial charge in [0.1, 0.15) is 11.6 Å². The average molecular weight is 417 g/mol. The Hall–Kier alpha value is -3.42. The first kappa shape index (κ1) is 22.9. The predicted molar refractivity (Wildman–Crippen MR) is 108 cm³/mol. The molecule has 1 amide bonds. The summed E-state index contributed by atoms with van der Waals surface area (Å²) in [5, 5.41) is 20.4. The molecule has 0 unspecified atom stereocenters. The number of aliphatic carboxylic acids is 2. The van der Waals surface area contributed by atoms with Crippen molar-refractivity contribution in [2.45, 2.75) is 38.1 Å². The molecule has 2 aromatic rings. The normalized spacial score (nSPS) is 11.5. The number of nitrogens with one attached hydrogen (secondary N) is 1. The topological polar surface area (TPSA) is 113 Å². The van der Waals surface area contributed by atoms with Crippen molar-refractivity contribution in [3.8, 4) is 16.9 Å². The fourth-order valence-electron chi connectivity index (χ4n) is 3.10. The maximum atomic E-state index is 13.6. The molecule has 0 saturated heterocycles. The number of carbonyl (C=O) groups excluding carboxylic acids is 1. The number of carboxylic acid groups (broad SMARTS) is 2. The van der Waals surface area contributed by atoms with Gasteiger partial charge in [-0.15, -0.1) is 0 Å². The van der Waals surface area contributed by atoms with Gasteiger partial charge in [-0.25, -0.2) is 4.39 Å². The summed E-state index contributed by atoms with van der Waals surface area (Å²) in [6, 6.07) is 10.7. The third-order valence-electron chi connectivity index (χ3n) is 4.49. The molecule has 2 rings (SSSR count). The molecule has 1 atom stereocenters. The zero-order valence-electron chi connectivity index (χ0n) is 16.6. The highest BCUT2D eigenvalue weighted by Crippen LogP contribution is 2.30. The highest BCUT2D eigenvalue weighted by molar-refractivity contribution is 5.78. The number of methoxy groups -OCH3 is 1. The quantitative estimate of drug-likeness (QED) is 0.517. The monoisotopic (exact) mass is 417 g/mol. The van der Waals surface area contributed by atoms with Gasteiger partial charge in [-0.3, -0.25) is 14.4 Å². The minimum Gasteiger partial charge on any atom is -0.496 e. The van der Waals surface area contributed by atoms with Crippen molar-refractivity contribution in [2.75, 3.05) is 7.11 Å². The van der Waals surface area contributed by atoms with E-state index in [0.717, 1.165) is 11.1 Å². The number of rotatable bonds is 11. The molecule has 0 spiro atoms. The second kappa shape index (κ2) is 10.9. The Kier molecular flexibility index (Phi) is 8.34. The summed E-state index contributed by atoms with van der Waals surface area (Å²) in [5.41, 5.74) is 2.13. The Morgan fingerprint density at radius 1 is 1.03 bits per heavy atom. The Balaban J connectivity index is 2.07. The van der Waals surface area contributed by atoms with Gasteiger partial charge in [0.05, 0.1) is 13.5 Å². The standard InChI is InChI=1S/C22H24FNO6/c1-30-19-10-9-16(23)12-18(19)15-7-5-14(6-8-15)11-17(13-22(28)29)24-20(25)3-2-4-21(26)27/h5-10,12,17H,2-4,11,13H2,1H3,(H,24,25)(H,26,27)(H,28,29)/t17-/m1/s1. The molecule has 30 heavy (non-hydrogen) atoms. The molecule has 8 heteroatoms. The molecule has 0 aromatic heterocycles. The van der Waals surface area contributed by atoms with Gasteiger partial charge in [-0.05, 0) is 42.2 Å². The van der Waals surface area contributed by atoms with Gasteiger partial charge in [0.15, 0.2) is 0 Å². The van der Waals surface area contributed by atoms with E-state index in [9.17, 15) is 18.8 Å². The van der Waals surface area contributed by atoms with Gasteiger partial charge in [0.2, 0.25) is 5.91 Å². The summed E-state index contributed by atoms with van der Waals surface area (Å²) in [6.07, 6.45) is 0.107. The smallest absolute Gasteiger partial charge is 0.305 e. The Labute approximate surface area is 173 Å². The van der Waals surface area contributed by atoms with E-state index in [1.54, 1.807) is 30.3 Å². The van der Waals surface area contributed by atoms with E-state index < -0.39 is 18.0 Å². The van der Waals surface area contributed by atoms with Crippen LogP contribution in [0.2, 0.25) is 0 Å². The van der Waals surface area contributed by atoms with E-state index >= 15 is 0 Å². The molecule has 0 aliphatic heterocycles. The van der Waals surface area contributed by atoms with Crippen molar-refractivity contribution >= 4 is 17.8 Å². The summed E-state index contributed by atoms with van der Waals surface area (Å²) >= 11 is 0. The summed E-state index contributed by atoms with van der Waals surface area (Å²) < 4.78 is 18.9. The van der Waals surface area contributed by atoms with Crippen molar-refractivity contribution in [3.63, 3.8) is 0 Å². The molecular weight excluding hydrogens is 393 g/mol. The van der Waals surface area contributed by atoms with Crippen LogP contribution in [0.1, 0.15) is 31.2 Å². The summed E-state index contributed by atoms with van der Waals surface area (Å²) in [5.74, 6) is -2.28. The molecule has 0 radical (unpaired) electrons. The zero-order chi connectivity index (χ0) is 22.1. The fraction of sp³-hybridized carbons (Fsp3) is 0.318. The van der Waals surface area contributed by atoms with Crippen LogP contribution in [0.5, 0.6) is 5.75 Å². The van der Waals surface area contributed by atoms with E-state index in [1.165, 1.54) is 19.2 Å². The molecule has 2 aromatic carbocycles. The van der Waals surface area contributed by atoms with E-state index in [2.05, 4.69) is 5.32 Å². The maximum absolute atomic E-state index is 13.6. The Bertz CT molecular complexity index is 897. The van der Waals surface area contributed by atoms with E-state index in [4.69, 9.17) is 14.9 Å². The van der Waals surface area contributed by atoms with Gasteiger partial charge in [-0.1, -0.05) is 24.3 Å². The first-order valence-electron chi connectivity index (χ1n) is 9.44. The maximum Gasteiger partial charge on any atom is 0.305 e. The molecule has 3 N–H and O–H groups in total. The van der Waals surface area contributed by atoms with Crippen LogP contribution in [0.25, 0.3) is 11.1 Å². The lowest BCUT2D eigenvalue weighted by Crippen LogP contribution is -2.38. The van der Waals surface area contributed by atoms with E-state index in [0.29, 0.717) is 11.3 Å². The van der Waals surface area contributed by atoms with Gasteiger partial charge in [0, 0.05) is 24.4 Å². The first-order chi connectivity index (χ1) is 14.3. The second-order valence-electron chi connectivity index (χ2n) is 6.86. The molecule has 0 saturated carbocycles. The second-order valence-corrected chi connectivity index (χ2v) is 6.86. The summed E-state index contributed by atoms with van der Waals surface area (Å²) in [7, 11) is 1.50. The van der Waals surface area contributed by atoms with Gasteiger partial charge in [-0.2, -0.15) is 0 Å². The molecule has 160 valence electrons. The lowest BCUT2D eigenvalue weighted by Gasteiger charge is -2.17. The van der Waals surface area contributed by atoms with E-state index in [-0.39, 0.29) is 43.8 Å². The SMILES string of the molecule is COc1ccc(F)cc1-c1ccc(C[C@H](CC(=O)O)NC(=O)CCCC(=O)O)cc1. The number of amides is 1. The van der Waals surface area contributed by atoms with Crippen LogP contribution >= 0.6 is 0 Å². The largest absolute Gasteiger partial charge is 0.496 e. The molecule has 7 nitrogen and oxygen atoms in total. The van der Waals surface area contributed by atoms with Crippen molar-refractivity contribution in [1.82, 2.24) is 5.32 Å². The number of carboxylic acids is 2. The number of ether oxygens (including phenoxy) is 1. The van der Waals surface area contributed by atoms with Crippen LogP contribution in [0, 0.1) is 5.82 Å². The van der Waals surface area contributed by atoms with Gasteiger partial charge in [0.25, 0.3) is 0 Å². The van der Waals surface area contributed by atoms with Crippen molar-refractivity contribution in [3.05, 3.63) is 53.8 Å². The highest BCUT2D eigenvalue weighted by atomic mass is 19.1. The van der Waals surface area contributed by atoms with Crippen LogP contribution in [0.3, 0.4) is 0 Å². The minimum absolute atomic E-state index is 0.0146. The molecular formula is C22H24FNO6.